The molecule has 27 heavy (non-hydrogen) atoms. The number of hydrogen-bond acceptors (Lipinski definition) is 3. The highest BCUT2D eigenvalue weighted by molar-refractivity contribution is 7.89. The van der Waals surface area contributed by atoms with Gasteiger partial charge in [0.1, 0.15) is 0 Å². The zero-order valence-electron chi connectivity index (χ0n) is 14.5. The van der Waals surface area contributed by atoms with Gasteiger partial charge in [0.05, 0.1) is 10.5 Å². The summed E-state index contributed by atoms with van der Waals surface area (Å²) in [6.45, 7) is 1.10. The molecule has 2 aromatic carbocycles. The average Bonchev–Trinajstić information content (AvgIpc) is 2.67. The lowest BCUT2D eigenvalue weighted by molar-refractivity contribution is -0.137. The van der Waals surface area contributed by atoms with Crippen molar-refractivity contribution in [2.45, 2.75) is 29.3 Å². The van der Waals surface area contributed by atoms with Gasteiger partial charge in [-0.2, -0.15) is 13.2 Å². The van der Waals surface area contributed by atoms with E-state index in [0.29, 0.717) is 32.1 Å². The van der Waals surface area contributed by atoms with E-state index >= 15 is 0 Å². The van der Waals surface area contributed by atoms with Crippen molar-refractivity contribution >= 4 is 10.0 Å². The predicted octanol–water partition coefficient (Wildman–Crippen LogP) is 3.73. The summed E-state index contributed by atoms with van der Waals surface area (Å²) in [6.07, 6.45) is -3.35. The largest absolute Gasteiger partial charge is 0.416 e. The van der Waals surface area contributed by atoms with Crippen LogP contribution in [0.2, 0.25) is 0 Å². The average molecular weight is 399 g/mol. The van der Waals surface area contributed by atoms with E-state index < -0.39 is 32.1 Å². The molecule has 1 aliphatic heterocycles. The molecule has 2 aromatic rings. The van der Waals surface area contributed by atoms with E-state index in [0.717, 1.165) is 23.8 Å². The zero-order chi connectivity index (χ0) is 19.5. The number of benzene rings is 2. The number of ether oxygens (including phenoxy) is 1. The van der Waals surface area contributed by atoms with Crippen LogP contribution >= 0.6 is 0 Å². The standard InChI is InChI=1S/C19H20F3NO3S/c20-19(21,22)16-7-4-8-17(13-16)27(24,25)23-14-18(9-11-26-12-10-18)15-5-2-1-3-6-15/h1-8,13,23H,9-12,14H2. The van der Waals surface area contributed by atoms with Crippen LogP contribution in [0.5, 0.6) is 0 Å². The number of alkyl halides is 3. The molecule has 8 heteroatoms. The SMILES string of the molecule is O=S(=O)(NCC1(c2ccccc2)CCOCC1)c1cccc(C(F)(F)F)c1. The van der Waals surface area contributed by atoms with E-state index in [4.69, 9.17) is 4.74 Å². The molecular formula is C19H20F3NO3S. The third kappa shape index (κ3) is 4.51. The maximum absolute atomic E-state index is 12.9. The number of halogens is 3. The predicted molar refractivity (Wildman–Crippen MR) is 94.8 cm³/mol. The Hall–Kier alpha value is -1.90. The Morgan fingerprint density at radius 3 is 2.30 bits per heavy atom. The van der Waals surface area contributed by atoms with Crippen LogP contribution in [0.25, 0.3) is 0 Å². The van der Waals surface area contributed by atoms with Crippen LogP contribution in [0.3, 0.4) is 0 Å². The Balaban J connectivity index is 1.85. The minimum atomic E-state index is -4.60. The molecule has 0 bridgehead atoms. The van der Waals surface area contributed by atoms with Crippen LogP contribution in [-0.4, -0.2) is 28.2 Å². The maximum Gasteiger partial charge on any atom is 0.416 e. The first-order valence-electron chi connectivity index (χ1n) is 8.53. The molecule has 3 rings (SSSR count). The molecule has 0 aliphatic carbocycles. The number of rotatable bonds is 5. The van der Waals surface area contributed by atoms with Gasteiger partial charge in [-0.15, -0.1) is 0 Å². The molecule has 1 fully saturated rings. The van der Waals surface area contributed by atoms with Gasteiger partial charge in [-0.3, -0.25) is 0 Å². The first kappa shape index (κ1) is 19.9. The second-order valence-electron chi connectivity index (χ2n) is 6.61. The van der Waals surface area contributed by atoms with E-state index in [9.17, 15) is 21.6 Å². The number of nitrogens with one attached hydrogen (secondary N) is 1. The molecule has 0 aromatic heterocycles. The molecular weight excluding hydrogens is 379 g/mol. The molecule has 0 unspecified atom stereocenters. The van der Waals surface area contributed by atoms with Crippen molar-refractivity contribution in [2.75, 3.05) is 19.8 Å². The summed E-state index contributed by atoms with van der Waals surface area (Å²) in [5.41, 5.74) is -0.455. The summed E-state index contributed by atoms with van der Waals surface area (Å²) in [6, 6.07) is 13.3. The first-order valence-corrected chi connectivity index (χ1v) is 10.0. The Morgan fingerprint density at radius 2 is 1.67 bits per heavy atom. The van der Waals surface area contributed by atoms with Crippen molar-refractivity contribution < 1.29 is 26.3 Å². The first-order chi connectivity index (χ1) is 12.7. The van der Waals surface area contributed by atoms with Crippen LogP contribution in [0, 0.1) is 0 Å². The van der Waals surface area contributed by atoms with Crippen LogP contribution in [0.15, 0.2) is 59.5 Å². The van der Waals surface area contributed by atoms with Crippen molar-refractivity contribution in [3.63, 3.8) is 0 Å². The fraction of sp³-hybridized carbons (Fsp3) is 0.368. The lowest BCUT2D eigenvalue weighted by atomic mass is 9.74. The molecule has 0 radical (unpaired) electrons. The van der Waals surface area contributed by atoms with Gasteiger partial charge in [-0.05, 0) is 36.6 Å². The summed E-state index contributed by atoms with van der Waals surface area (Å²) >= 11 is 0. The van der Waals surface area contributed by atoms with Crippen molar-refractivity contribution in [2.24, 2.45) is 0 Å². The fourth-order valence-electron chi connectivity index (χ4n) is 3.28. The second-order valence-corrected chi connectivity index (χ2v) is 8.38. The fourth-order valence-corrected chi connectivity index (χ4v) is 4.45. The molecule has 1 aliphatic rings. The normalized spacial score (nSPS) is 17.6. The second kappa shape index (κ2) is 7.61. The Kier molecular flexibility index (Phi) is 5.60. The highest BCUT2D eigenvalue weighted by Gasteiger charge is 2.36. The maximum atomic E-state index is 12.9. The third-order valence-corrected chi connectivity index (χ3v) is 6.31. The van der Waals surface area contributed by atoms with E-state index in [1.54, 1.807) is 0 Å². The van der Waals surface area contributed by atoms with E-state index in [1.165, 1.54) is 0 Å². The van der Waals surface area contributed by atoms with Gasteiger partial charge < -0.3 is 4.74 Å². The van der Waals surface area contributed by atoms with E-state index in [2.05, 4.69) is 4.72 Å². The summed E-state index contributed by atoms with van der Waals surface area (Å²) in [7, 11) is -4.08. The number of hydrogen-bond donors (Lipinski definition) is 1. The van der Waals surface area contributed by atoms with Crippen molar-refractivity contribution in [3.05, 3.63) is 65.7 Å². The van der Waals surface area contributed by atoms with Crippen molar-refractivity contribution in [1.29, 1.82) is 0 Å². The highest BCUT2D eigenvalue weighted by atomic mass is 32.2. The summed E-state index contributed by atoms with van der Waals surface area (Å²) in [5, 5.41) is 0. The van der Waals surface area contributed by atoms with Gasteiger partial charge in [0.15, 0.2) is 0 Å². The van der Waals surface area contributed by atoms with Crippen molar-refractivity contribution in [3.8, 4) is 0 Å². The summed E-state index contributed by atoms with van der Waals surface area (Å²) in [4.78, 5) is -0.396. The van der Waals surface area contributed by atoms with Gasteiger partial charge in [0.2, 0.25) is 10.0 Å². The molecule has 0 amide bonds. The smallest absolute Gasteiger partial charge is 0.381 e. The monoisotopic (exact) mass is 399 g/mol. The Labute approximate surface area is 156 Å². The Bertz CT molecular complexity index is 877. The van der Waals surface area contributed by atoms with Gasteiger partial charge in [0.25, 0.3) is 0 Å². The zero-order valence-corrected chi connectivity index (χ0v) is 15.3. The van der Waals surface area contributed by atoms with Gasteiger partial charge in [-0.25, -0.2) is 13.1 Å². The molecule has 146 valence electrons. The topological polar surface area (TPSA) is 55.4 Å². The third-order valence-electron chi connectivity index (χ3n) is 4.91. The summed E-state index contributed by atoms with van der Waals surface area (Å²) < 4.78 is 71.8. The van der Waals surface area contributed by atoms with Gasteiger partial charge in [-0.1, -0.05) is 36.4 Å². The Morgan fingerprint density at radius 1 is 1.00 bits per heavy atom. The van der Waals surface area contributed by atoms with Crippen LogP contribution in [0.1, 0.15) is 24.0 Å². The molecule has 0 spiro atoms. The minimum Gasteiger partial charge on any atom is -0.381 e. The van der Waals surface area contributed by atoms with Crippen LogP contribution in [0.4, 0.5) is 13.2 Å². The molecule has 1 saturated heterocycles. The van der Waals surface area contributed by atoms with Crippen LogP contribution in [-0.2, 0) is 26.4 Å². The molecule has 1 N–H and O–H groups in total. The lowest BCUT2D eigenvalue weighted by Crippen LogP contribution is -2.44. The molecule has 1 heterocycles. The van der Waals surface area contributed by atoms with Crippen LogP contribution < -0.4 is 4.72 Å². The number of sulfonamides is 1. The minimum absolute atomic E-state index is 0.0962. The molecule has 0 saturated carbocycles. The van der Waals surface area contributed by atoms with Crippen molar-refractivity contribution in [1.82, 2.24) is 4.72 Å². The van der Waals surface area contributed by atoms with Gasteiger partial charge >= 0.3 is 6.18 Å². The molecule has 0 atom stereocenters. The molecule has 4 nitrogen and oxygen atoms in total. The quantitative estimate of drug-likeness (QED) is 0.834. The highest BCUT2D eigenvalue weighted by Crippen LogP contribution is 2.35. The van der Waals surface area contributed by atoms with Gasteiger partial charge in [0, 0.05) is 25.2 Å². The summed E-state index contributed by atoms with van der Waals surface area (Å²) in [5.74, 6) is 0. The lowest BCUT2D eigenvalue weighted by Gasteiger charge is -2.37. The van der Waals surface area contributed by atoms with E-state index in [1.807, 2.05) is 30.3 Å². The van der Waals surface area contributed by atoms with E-state index in [-0.39, 0.29) is 6.54 Å².